The molecule has 0 saturated carbocycles. The number of likely N-dealkylation sites (tertiary alicyclic amines) is 1. The Morgan fingerprint density at radius 3 is 2.24 bits per heavy atom. The number of hydrogen-bond donors (Lipinski definition) is 0. The summed E-state index contributed by atoms with van der Waals surface area (Å²) in [5.74, 6) is 0.473. The largest absolute Gasteiger partial charge is 0.493 e. The van der Waals surface area contributed by atoms with E-state index in [1.807, 2.05) is 0 Å². The Morgan fingerprint density at radius 1 is 1.10 bits per heavy atom. The number of benzene rings is 1. The van der Waals surface area contributed by atoms with Gasteiger partial charge < -0.3 is 14.2 Å². The minimum absolute atomic E-state index is 0.151. The average Bonchev–Trinajstić information content (AvgIpc) is 2.79. The fourth-order valence-corrected chi connectivity index (χ4v) is 2.66. The van der Waals surface area contributed by atoms with E-state index in [-0.39, 0.29) is 18.2 Å². The Bertz CT molecular complexity index is 569. The molecule has 0 bridgehead atoms. The second-order valence-corrected chi connectivity index (χ2v) is 4.66. The summed E-state index contributed by atoms with van der Waals surface area (Å²) >= 11 is 0. The van der Waals surface area contributed by atoms with Gasteiger partial charge in [0.25, 0.3) is 0 Å². The van der Waals surface area contributed by atoms with E-state index in [0.717, 1.165) is 0 Å². The van der Waals surface area contributed by atoms with Crippen LogP contribution in [0.5, 0.6) is 17.2 Å². The SMILES string of the molecule is CCN1C(=O)CC(c2ccc(OC)c(OC)c2OC)C1=O. The van der Waals surface area contributed by atoms with Gasteiger partial charge >= 0.3 is 0 Å². The van der Waals surface area contributed by atoms with Crippen molar-refractivity contribution in [1.82, 2.24) is 4.90 Å². The van der Waals surface area contributed by atoms with E-state index in [1.165, 1.54) is 26.2 Å². The summed E-state index contributed by atoms with van der Waals surface area (Å²) in [4.78, 5) is 25.5. The van der Waals surface area contributed by atoms with Crippen LogP contribution in [0.15, 0.2) is 12.1 Å². The lowest BCUT2D eigenvalue weighted by atomic mass is 9.96. The Kier molecular flexibility index (Phi) is 4.35. The zero-order chi connectivity index (χ0) is 15.6. The first-order valence-corrected chi connectivity index (χ1v) is 6.72. The fraction of sp³-hybridized carbons (Fsp3) is 0.467. The van der Waals surface area contributed by atoms with Gasteiger partial charge in [0.05, 0.1) is 27.2 Å². The van der Waals surface area contributed by atoms with Crippen LogP contribution in [-0.2, 0) is 9.59 Å². The maximum absolute atomic E-state index is 12.3. The maximum atomic E-state index is 12.3. The Morgan fingerprint density at radius 2 is 1.76 bits per heavy atom. The quantitative estimate of drug-likeness (QED) is 0.771. The summed E-state index contributed by atoms with van der Waals surface area (Å²) in [6.07, 6.45) is 0.151. The van der Waals surface area contributed by atoms with Gasteiger partial charge in [0.1, 0.15) is 0 Å². The summed E-state index contributed by atoms with van der Waals surface area (Å²) in [6.45, 7) is 2.16. The highest BCUT2D eigenvalue weighted by atomic mass is 16.5. The molecule has 1 unspecified atom stereocenters. The third kappa shape index (κ3) is 2.41. The molecular formula is C15H19NO5. The predicted octanol–water partition coefficient (Wildman–Crippen LogP) is 1.57. The summed E-state index contributed by atoms with van der Waals surface area (Å²) in [6, 6.07) is 3.46. The van der Waals surface area contributed by atoms with Crippen molar-refractivity contribution in [2.75, 3.05) is 27.9 Å². The molecule has 0 aromatic heterocycles. The van der Waals surface area contributed by atoms with Crippen LogP contribution in [0.2, 0.25) is 0 Å². The molecule has 1 heterocycles. The smallest absolute Gasteiger partial charge is 0.237 e. The van der Waals surface area contributed by atoms with Crippen molar-refractivity contribution in [3.8, 4) is 17.2 Å². The highest BCUT2D eigenvalue weighted by Gasteiger charge is 2.40. The van der Waals surface area contributed by atoms with Gasteiger partial charge in [-0.1, -0.05) is 6.07 Å². The molecule has 21 heavy (non-hydrogen) atoms. The van der Waals surface area contributed by atoms with Crippen molar-refractivity contribution in [3.63, 3.8) is 0 Å². The molecule has 1 aliphatic rings. The Labute approximate surface area is 123 Å². The van der Waals surface area contributed by atoms with Gasteiger partial charge in [0.15, 0.2) is 11.5 Å². The maximum Gasteiger partial charge on any atom is 0.237 e. The number of hydrogen-bond acceptors (Lipinski definition) is 5. The molecule has 0 aliphatic carbocycles. The second-order valence-electron chi connectivity index (χ2n) is 4.66. The molecule has 1 aromatic rings. The van der Waals surface area contributed by atoms with E-state index < -0.39 is 5.92 Å². The molecule has 1 fully saturated rings. The standard InChI is InChI=1S/C15H19NO5/c1-5-16-12(17)8-10(15(16)18)9-6-7-11(19-2)14(21-4)13(9)20-3/h6-7,10H,5,8H2,1-4H3. The van der Waals surface area contributed by atoms with E-state index in [1.54, 1.807) is 19.1 Å². The minimum Gasteiger partial charge on any atom is -0.493 e. The molecule has 0 spiro atoms. The van der Waals surface area contributed by atoms with Gasteiger partial charge in [0.2, 0.25) is 17.6 Å². The second kappa shape index (κ2) is 6.03. The molecule has 2 amide bonds. The average molecular weight is 293 g/mol. The summed E-state index contributed by atoms with van der Waals surface area (Å²) in [5, 5.41) is 0. The van der Waals surface area contributed by atoms with Crippen LogP contribution < -0.4 is 14.2 Å². The van der Waals surface area contributed by atoms with Crippen molar-refractivity contribution in [3.05, 3.63) is 17.7 Å². The van der Waals surface area contributed by atoms with E-state index >= 15 is 0 Å². The predicted molar refractivity (Wildman–Crippen MR) is 75.9 cm³/mol. The van der Waals surface area contributed by atoms with E-state index in [2.05, 4.69) is 0 Å². The van der Waals surface area contributed by atoms with Crippen LogP contribution in [0, 0.1) is 0 Å². The lowest BCUT2D eigenvalue weighted by Crippen LogP contribution is -2.29. The number of nitrogens with zero attached hydrogens (tertiary/aromatic N) is 1. The molecule has 1 saturated heterocycles. The van der Waals surface area contributed by atoms with Gasteiger partial charge in [-0.3, -0.25) is 14.5 Å². The molecule has 114 valence electrons. The Hall–Kier alpha value is -2.24. The van der Waals surface area contributed by atoms with E-state index in [4.69, 9.17) is 14.2 Å². The first kappa shape index (κ1) is 15.2. The van der Waals surface area contributed by atoms with E-state index in [9.17, 15) is 9.59 Å². The summed E-state index contributed by atoms with van der Waals surface area (Å²) in [5.41, 5.74) is 0.643. The van der Waals surface area contributed by atoms with Crippen LogP contribution in [-0.4, -0.2) is 44.6 Å². The zero-order valence-electron chi connectivity index (χ0n) is 12.6. The van der Waals surface area contributed by atoms with Gasteiger partial charge in [-0.2, -0.15) is 0 Å². The monoisotopic (exact) mass is 293 g/mol. The first-order chi connectivity index (χ1) is 10.1. The third-order valence-electron chi connectivity index (χ3n) is 3.67. The molecule has 1 aliphatic heterocycles. The topological polar surface area (TPSA) is 65.1 Å². The number of carbonyl (C=O) groups is 2. The van der Waals surface area contributed by atoms with E-state index in [0.29, 0.717) is 29.4 Å². The van der Waals surface area contributed by atoms with Gasteiger partial charge in [0, 0.05) is 18.5 Å². The number of rotatable bonds is 5. The van der Waals surface area contributed by atoms with Crippen LogP contribution >= 0.6 is 0 Å². The highest BCUT2D eigenvalue weighted by molar-refractivity contribution is 6.06. The number of carbonyl (C=O) groups excluding carboxylic acids is 2. The molecule has 1 atom stereocenters. The van der Waals surface area contributed by atoms with Crippen molar-refractivity contribution in [1.29, 1.82) is 0 Å². The summed E-state index contributed by atoms with van der Waals surface area (Å²) in [7, 11) is 4.53. The van der Waals surface area contributed by atoms with Crippen LogP contribution in [0.1, 0.15) is 24.8 Å². The van der Waals surface area contributed by atoms with Gasteiger partial charge in [-0.05, 0) is 13.0 Å². The summed E-state index contributed by atoms with van der Waals surface area (Å²) < 4.78 is 15.9. The van der Waals surface area contributed by atoms with Crippen LogP contribution in [0.4, 0.5) is 0 Å². The zero-order valence-corrected chi connectivity index (χ0v) is 12.6. The molecular weight excluding hydrogens is 274 g/mol. The normalized spacial score (nSPS) is 18.1. The highest BCUT2D eigenvalue weighted by Crippen LogP contribution is 2.45. The number of amides is 2. The number of likely N-dealkylation sites (N-methyl/N-ethyl adjacent to an activating group) is 1. The Balaban J connectivity index is 2.50. The third-order valence-corrected chi connectivity index (χ3v) is 3.67. The lowest BCUT2D eigenvalue weighted by molar-refractivity contribution is -0.138. The van der Waals surface area contributed by atoms with Gasteiger partial charge in [-0.25, -0.2) is 0 Å². The van der Waals surface area contributed by atoms with Crippen LogP contribution in [0.3, 0.4) is 0 Å². The van der Waals surface area contributed by atoms with Gasteiger partial charge in [-0.15, -0.1) is 0 Å². The number of methoxy groups -OCH3 is 3. The lowest BCUT2D eigenvalue weighted by Gasteiger charge is -2.18. The molecule has 2 rings (SSSR count). The molecule has 6 heteroatoms. The number of imide groups is 1. The minimum atomic E-state index is -0.535. The van der Waals surface area contributed by atoms with Crippen LogP contribution in [0.25, 0.3) is 0 Å². The molecule has 0 N–H and O–H groups in total. The first-order valence-electron chi connectivity index (χ1n) is 6.72. The van der Waals surface area contributed by atoms with Crippen molar-refractivity contribution >= 4 is 11.8 Å². The fourth-order valence-electron chi connectivity index (χ4n) is 2.66. The molecule has 1 aromatic carbocycles. The number of ether oxygens (including phenoxy) is 3. The van der Waals surface area contributed by atoms with Crippen molar-refractivity contribution in [2.45, 2.75) is 19.3 Å². The van der Waals surface area contributed by atoms with Crippen molar-refractivity contribution < 1.29 is 23.8 Å². The van der Waals surface area contributed by atoms with Crippen molar-refractivity contribution in [2.24, 2.45) is 0 Å². The molecule has 0 radical (unpaired) electrons. The molecule has 6 nitrogen and oxygen atoms in total.